The number of hydrogen-bond donors (Lipinski definition) is 0. The van der Waals surface area contributed by atoms with Gasteiger partial charge in [0.05, 0.1) is 38.0 Å². The first-order chi connectivity index (χ1) is 17.4. The van der Waals surface area contributed by atoms with Gasteiger partial charge in [-0.3, -0.25) is 19.5 Å². The predicted octanol–water partition coefficient (Wildman–Crippen LogP) is 4.51. The predicted molar refractivity (Wildman–Crippen MR) is 143 cm³/mol. The summed E-state index contributed by atoms with van der Waals surface area (Å²) in [5.74, 6) is 1.05. The van der Waals surface area contributed by atoms with Gasteiger partial charge in [-0.05, 0) is 53.9 Å². The number of amides is 1. The Labute approximate surface area is 219 Å². The van der Waals surface area contributed by atoms with Gasteiger partial charge >= 0.3 is 5.97 Å². The number of carbonyl (C=O) groups excluding carboxylic acids is 2. The summed E-state index contributed by atoms with van der Waals surface area (Å²) < 4.78 is 15.7. The Morgan fingerprint density at radius 3 is 2.33 bits per heavy atom. The van der Waals surface area contributed by atoms with E-state index in [2.05, 4.69) is 4.74 Å². The van der Waals surface area contributed by atoms with Gasteiger partial charge < -0.3 is 14.2 Å². The standard InChI is InChI=1S/C26H27N3O5S2/c1-32-19-10-6-17(7-11-19)21-15-22(18-8-12-20(33-2)13-9-18)29(27-21)16-23-25(31)28(26(35)36-23)14-4-5-24(30)34-3/h6-13,16,22H,4-5,14-15H2,1-3H3/b23-16-. The Kier molecular flexibility index (Phi) is 8.27. The number of hydrogen-bond acceptors (Lipinski definition) is 9. The van der Waals surface area contributed by atoms with Crippen LogP contribution in [0.3, 0.4) is 0 Å². The van der Waals surface area contributed by atoms with Crippen molar-refractivity contribution in [2.24, 2.45) is 5.10 Å². The van der Waals surface area contributed by atoms with Gasteiger partial charge in [0.25, 0.3) is 5.91 Å². The zero-order chi connectivity index (χ0) is 25.7. The highest BCUT2D eigenvalue weighted by molar-refractivity contribution is 8.26. The molecule has 0 aliphatic carbocycles. The average Bonchev–Trinajstić information content (AvgIpc) is 3.44. The molecule has 0 bridgehead atoms. The molecule has 0 aromatic heterocycles. The van der Waals surface area contributed by atoms with Crippen molar-refractivity contribution in [2.45, 2.75) is 25.3 Å². The first-order valence-corrected chi connectivity index (χ1v) is 12.6. The normalized spacial score (nSPS) is 18.6. The van der Waals surface area contributed by atoms with Crippen molar-refractivity contribution in [1.29, 1.82) is 0 Å². The minimum atomic E-state index is -0.309. The van der Waals surface area contributed by atoms with Crippen molar-refractivity contribution in [3.8, 4) is 11.5 Å². The lowest BCUT2D eigenvalue weighted by molar-refractivity contribution is -0.141. The molecule has 1 atom stereocenters. The lowest BCUT2D eigenvalue weighted by atomic mass is 9.98. The van der Waals surface area contributed by atoms with E-state index in [9.17, 15) is 9.59 Å². The van der Waals surface area contributed by atoms with Crippen LogP contribution in [-0.2, 0) is 14.3 Å². The molecule has 0 saturated carbocycles. The molecule has 0 N–H and O–H groups in total. The van der Waals surface area contributed by atoms with Gasteiger partial charge in [0.2, 0.25) is 0 Å². The topological polar surface area (TPSA) is 80.7 Å². The molecular formula is C26H27N3O5S2. The van der Waals surface area contributed by atoms with Crippen LogP contribution in [0.2, 0.25) is 0 Å². The van der Waals surface area contributed by atoms with Gasteiger partial charge in [0.1, 0.15) is 15.8 Å². The number of thiocarbonyl (C=S) groups is 1. The molecule has 2 aliphatic heterocycles. The summed E-state index contributed by atoms with van der Waals surface area (Å²) in [6, 6.07) is 15.5. The summed E-state index contributed by atoms with van der Waals surface area (Å²) in [7, 11) is 4.62. The van der Waals surface area contributed by atoms with E-state index in [1.807, 2.05) is 53.5 Å². The van der Waals surface area contributed by atoms with Crippen LogP contribution in [-0.4, -0.2) is 59.7 Å². The summed E-state index contributed by atoms with van der Waals surface area (Å²) in [4.78, 5) is 26.6. The second-order valence-corrected chi connectivity index (χ2v) is 9.82. The van der Waals surface area contributed by atoms with Gasteiger partial charge in [0, 0.05) is 25.6 Å². The summed E-state index contributed by atoms with van der Waals surface area (Å²) in [5.41, 5.74) is 2.94. The second kappa shape index (κ2) is 11.6. The number of methoxy groups -OCH3 is 3. The van der Waals surface area contributed by atoms with Crippen LogP contribution in [0.4, 0.5) is 0 Å². The fourth-order valence-electron chi connectivity index (χ4n) is 3.99. The van der Waals surface area contributed by atoms with E-state index in [0.717, 1.165) is 28.3 Å². The minimum absolute atomic E-state index is 0.101. The van der Waals surface area contributed by atoms with E-state index in [-0.39, 0.29) is 24.3 Å². The minimum Gasteiger partial charge on any atom is -0.497 e. The lowest BCUT2D eigenvalue weighted by Crippen LogP contribution is -2.29. The molecule has 2 heterocycles. The summed E-state index contributed by atoms with van der Waals surface area (Å²) in [5, 5.41) is 6.71. The van der Waals surface area contributed by atoms with E-state index < -0.39 is 0 Å². The van der Waals surface area contributed by atoms with Crippen LogP contribution in [0, 0.1) is 0 Å². The Hall–Kier alpha value is -3.37. The molecular weight excluding hydrogens is 498 g/mol. The number of rotatable bonds is 9. The second-order valence-electron chi connectivity index (χ2n) is 8.15. The molecule has 1 amide bonds. The SMILES string of the molecule is COC(=O)CCCN1C(=O)/C(=C/N2N=C(c3ccc(OC)cc3)CC2c2ccc(OC)cc2)SC1=S. The molecule has 2 aromatic carbocycles. The number of carbonyl (C=O) groups is 2. The maximum Gasteiger partial charge on any atom is 0.305 e. The number of hydrazone groups is 1. The number of ether oxygens (including phenoxy) is 3. The van der Waals surface area contributed by atoms with Gasteiger partial charge in [-0.15, -0.1) is 0 Å². The Balaban J connectivity index is 1.59. The molecule has 188 valence electrons. The fourth-order valence-corrected chi connectivity index (χ4v) is 5.26. The molecule has 36 heavy (non-hydrogen) atoms. The Bertz CT molecular complexity index is 1200. The maximum atomic E-state index is 13.1. The van der Waals surface area contributed by atoms with Crippen molar-refractivity contribution >= 4 is 45.9 Å². The lowest BCUT2D eigenvalue weighted by Gasteiger charge is -2.21. The molecule has 8 nitrogen and oxygen atoms in total. The zero-order valence-electron chi connectivity index (χ0n) is 20.3. The third kappa shape index (κ3) is 5.71. The van der Waals surface area contributed by atoms with Crippen LogP contribution in [0.25, 0.3) is 0 Å². The first-order valence-electron chi connectivity index (χ1n) is 11.4. The van der Waals surface area contributed by atoms with Crippen molar-refractivity contribution in [3.05, 3.63) is 70.8 Å². The van der Waals surface area contributed by atoms with Crippen molar-refractivity contribution in [3.63, 3.8) is 0 Å². The van der Waals surface area contributed by atoms with E-state index >= 15 is 0 Å². The van der Waals surface area contributed by atoms with Gasteiger partial charge in [-0.2, -0.15) is 5.10 Å². The number of benzene rings is 2. The quantitative estimate of drug-likeness (QED) is 0.269. The molecule has 0 spiro atoms. The zero-order valence-corrected chi connectivity index (χ0v) is 21.9. The number of esters is 1. The molecule has 2 aromatic rings. The average molecular weight is 526 g/mol. The van der Waals surface area contributed by atoms with Gasteiger partial charge in [0.15, 0.2) is 0 Å². The van der Waals surface area contributed by atoms with Crippen LogP contribution in [0.5, 0.6) is 11.5 Å². The smallest absolute Gasteiger partial charge is 0.305 e. The van der Waals surface area contributed by atoms with Crippen molar-refractivity contribution < 1.29 is 23.8 Å². The van der Waals surface area contributed by atoms with Crippen LogP contribution < -0.4 is 9.47 Å². The molecule has 1 unspecified atom stereocenters. The highest BCUT2D eigenvalue weighted by Crippen LogP contribution is 2.38. The Morgan fingerprint density at radius 2 is 1.72 bits per heavy atom. The van der Waals surface area contributed by atoms with Crippen molar-refractivity contribution in [1.82, 2.24) is 9.91 Å². The Morgan fingerprint density at radius 1 is 1.08 bits per heavy atom. The highest BCUT2D eigenvalue weighted by atomic mass is 32.2. The molecule has 10 heteroatoms. The molecule has 0 radical (unpaired) electrons. The summed E-state index contributed by atoms with van der Waals surface area (Å²) >= 11 is 6.69. The van der Waals surface area contributed by atoms with Crippen LogP contribution in [0.15, 0.2) is 64.7 Å². The van der Waals surface area contributed by atoms with E-state index in [0.29, 0.717) is 28.6 Å². The number of nitrogens with zero attached hydrogens (tertiary/aromatic N) is 3. The highest BCUT2D eigenvalue weighted by Gasteiger charge is 2.35. The summed E-state index contributed by atoms with van der Waals surface area (Å²) in [6.07, 6.45) is 3.14. The van der Waals surface area contributed by atoms with Crippen LogP contribution in [0.1, 0.15) is 36.4 Å². The fraction of sp³-hybridized carbons (Fsp3) is 0.308. The van der Waals surface area contributed by atoms with Crippen molar-refractivity contribution in [2.75, 3.05) is 27.9 Å². The third-order valence-electron chi connectivity index (χ3n) is 5.98. The first kappa shape index (κ1) is 25.7. The van der Waals surface area contributed by atoms with E-state index in [1.54, 1.807) is 20.4 Å². The molecule has 2 aliphatic rings. The van der Waals surface area contributed by atoms with E-state index in [1.165, 1.54) is 23.8 Å². The van der Waals surface area contributed by atoms with Crippen LogP contribution >= 0.6 is 24.0 Å². The molecule has 1 saturated heterocycles. The third-order valence-corrected chi connectivity index (χ3v) is 7.34. The van der Waals surface area contributed by atoms with E-state index in [4.69, 9.17) is 26.8 Å². The molecule has 1 fully saturated rings. The molecule has 4 rings (SSSR count). The van der Waals surface area contributed by atoms with Gasteiger partial charge in [-0.1, -0.05) is 36.1 Å². The summed E-state index contributed by atoms with van der Waals surface area (Å²) in [6.45, 7) is 0.360. The monoisotopic (exact) mass is 525 g/mol. The van der Waals surface area contributed by atoms with Gasteiger partial charge in [-0.25, -0.2) is 0 Å². The maximum absolute atomic E-state index is 13.1. The number of thioether (sulfide) groups is 1. The largest absolute Gasteiger partial charge is 0.497 e.